The van der Waals surface area contributed by atoms with Crippen LogP contribution in [-0.2, 0) is 17.9 Å². The zero-order valence-electron chi connectivity index (χ0n) is 14.2. The van der Waals surface area contributed by atoms with Crippen LogP contribution in [0.3, 0.4) is 0 Å². The molecule has 3 rings (SSSR count). The second-order valence-electron chi connectivity index (χ2n) is 5.87. The number of aromatic nitrogens is 4. The molecule has 130 valence electrons. The number of rotatable bonds is 7. The first-order valence-corrected chi connectivity index (χ1v) is 8.40. The Balaban J connectivity index is 1.75. The van der Waals surface area contributed by atoms with E-state index in [2.05, 4.69) is 15.4 Å². The van der Waals surface area contributed by atoms with Crippen LogP contribution in [0.25, 0.3) is 11.0 Å². The minimum Gasteiger partial charge on any atom is -0.354 e. The molecule has 7 nitrogen and oxygen atoms in total. The minimum atomic E-state index is -0.116. The predicted molar refractivity (Wildman–Crippen MR) is 95.2 cm³/mol. The van der Waals surface area contributed by atoms with E-state index in [0.29, 0.717) is 37.1 Å². The van der Waals surface area contributed by atoms with Gasteiger partial charge in [-0.15, -0.1) is 0 Å². The van der Waals surface area contributed by atoms with Gasteiger partial charge in [-0.3, -0.25) is 14.2 Å². The van der Waals surface area contributed by atoms with Gasteiger partial charge in [0.25, 0.3) is 5.56 Å². The maximum absolute atomic E-state index is 12.6. The van der Waals surface area contributed by atoms with Crippen molar-refractivity contribution < 1.29 is 4.79 Å². The third-order valence-electron chi connectivity index (χ3n) is 3.94. The molecule has 0 saturated carbocycles. The van der Waals surface area contributed by atoms with E-state index < -0.39 is 0 Å². The molecule has 0 aliphatic heterocycles. The van der Waals surface area contributed by atoms with Crippen molar-refractivity contribution in [3.05, 3.63) is 58.8 Å². The third kappa shape index (κ3) is 3.93. The van der Waals surface area contributed by atoms with E-state index in [1.54, 1.807) is 21.8 Å². The predicted octanol–water partition coefficient (Wildman–Crippen LogP) is 1.56. The lowest BCUT2D eigenvalue weighted by Gasteiger charge is -2.07. The molecular formula is C18H21N5O2. The molecule has 0 bridgehead atoms. The van der Waals surface area contributed by atoms with Gasteiger partial charge in [0.1, 0.15) is 11.7 Å². The molecule has 0 spiro atoms. The van der Waals surface area contributed by atoms with Crippen LogP contribution in [0.15, 0.2) is 47.7 Å². The minimum absolute atomic E-state index is 0.0251. The molecule has 2 aromatic heterocycles. The number of hydrogen-bond acceptors (Lipinski definition) is 4. The van der Waals surface area contributed by atoms with Gasteiger partial charge in [-0.25, -0.2) is 9.67 Å². The molecule has 1 N–H and O–H groups in total. The van der Waals surface area contributed by atoms with E-state index >= 15 is 0 Å². The Morgan fingerprint density at radius 3 is 2.80 bits per heavy atom. The fourth-order valence-corrected chi connectivity index (χ4v) is 2.67. The van der Waals surface area contributed by atoms with Gasteiger partial charge in [0, 0.05) is 13.0 Å². The number of fused-ring (bicyclic) bond motifs is 1. The summed E-state index contributed by atoms with van der Waals surface area (Å²) in [6.07, 6.45) is 4.42. The van der Waals surface area contributed by atoms with Gasteiger partial charge in [0.2, 0.25) is 5.91 Å². The van der Waals surface area contributed by atoms with Crippen LogP contribution in [0, 0.1) is 0 Å². The summed E-state index contributed by atoms with van der Waals surface area (Å²) in [6, 6.07) is 9.77. The van der Waals surface area contributed by atoms with Gasteiger partial charge in [-0.2, -0.15) is 5.10 Å². The summed E-state index contributed by atoms with van der Waals surface area (Å²) in [5.41, 5.74) is 1.46. The standard InChI is InChI=1S/C18H21N5O2/c1-2-6-16(24)19-9-10-23-17-15(11-21-23)18(25)22(13-20-17)12-14-7-4-3-5-8-14/h3-5,7-8,11,13H,2,6,9-10,12H2,1H3,(H,19,24). The average Bonchev–Trinajstić information content (AvgIpc) is 3.02. The van der Waals surface area contributed by atoms with Crippen molar-refractivity contribution >= 4 is 16.9 Å². The summed E-state index contributed by atoms with van der Waals surface area (Å²) in [5, 5.41) is 7.56. The summed E-state index contributed by atoms with van der Waals surface area (Å²) in [5.74, 6) is 0.0251. The fourth-order valence-electron chi connectivity index (χ4n) is 2.67. The molecule has 0 saturated heterocycles. The Kier molecular flexibility index (Phi) is 5.23. The van der Waals surface area contributed by atoms with Gasteiger partial charge in [-0.1, -0.05) is 37.3 Å². The van der Waals surface area contributed by atoms with Crippen LogP contribution in [0.1, 0.15) is 25.3 Å². The number of benzene rings is 1. The molecule has 0 fully saturated rings. The summed E-state index contributed by atoms with van der Waals surface area (Å²) >= 11 is 0. The van der Waals surface area contributed by atoms with Crippen LogP contribution in [0.4, 0.5) is 0 Å². The first-order valence-electron chi connectivity index (χ1n) is 8.40. The zero-order chi connectivity index (χ0) is 17.6. The SMILES string of the molecule is CCCC(=O)NCCn1ncc2c(=O)n(Cc3ccccc3)cnc21. The van der Waals surface area contributed by atoms with Crippen LogP contribution in [-0.4, -0.2) is 31.8 Å². The van der Waals surface area contributed by atoms with Crippen molar-refractivity contribution in [2.75, 3.05) is 6.54 Å². The van der Waals surface area contributed by atoms with Crippen molar-refractivity contribution in [2.24, 2.45) is 0 Å². The van der Waals surface area contributed by atoms with E-state index in [4.69, 9.17) is 0 Å². The van der Waals surface area contributed by atoms with Gasteiger partial charge >= 0.3 is 0 Å². The zero-order valence-corrected chi connectivity index (χ0v) is 14.2. The van der Waals surface area contributed by atoms with Crippen molar-refractivity contribution in [2.45, 2.75) is 32.9 Å². The number of carbonyl (C=O) groups is 1. The molecule has 3 aromatic rings. The third-order valence-corrected chi connectivity index (χ3v) is 3.94. The van der Waals surface area contributed by atoms with Gasteiger partial charge < -0.3 is 5.32 Å². The average molecular weight is 339 g/mol. The lowest BCUT2D eigenvalue weighted by atomic mass is 10.2. The van der Waals surface area contributed by atoms with E-state index in [0.717, 1.165) is 12.0 Å². The van der Waals surface area contributed by atoms with E-state index in [9.17, 15) is 9.59 Å². The van der Waals surface area contributed by atoms with Crippen LogP contribution < -0.4 is 10.9 Å². The highest BCUT2D eigenvalue weighted by atomic mass is 16.1. The lowest BCUT2D eigenvalue weighted by Crippen LogP contribution is -2.27. The van der Waals surface area contributed by atoms with Gasteiger partial charge in [0.05, 0.1) is 19.3 Å². The first-order chi connectivity index (χ1) is 12.2. The van der Waals surface area contributed by atoms with Crippen LogP contribution in [0.5, 0.6) is 0 Å². The Bertz CT molecular complexity index is 914. The summed E-state index contributed by atoms with van der Waals surface area (Å²) < 4.78 is 3.22. The number of carbonyl (C=O) groups excluding carboxylic acids is 1. The maximum Gasteiger partial charge on any atom is 0.264 e. The highest BCUT2D eigenvalue weighted by Crippen LogP contribution is 2.07. The molecule has 0 radical (unpaired) electrons. The largest absolute Gasteiger partial charge is 0.354 e. The molecule has 2 heterocycles. The molecule has 1 aromatic carbocycles. The van der Waals surface area contributed by atoms with Crippen molar-refractivity contribution in [3.63, 3.8) is 0 Å². The molecular weight excluding hydrogens is 318 g/mol. The Morgan fingerprint density at radius 1 is 1.24 bits per heavy atom. The monoisotopic (exact) mass is 339 g/mol. The quantitative estimate of drug-likeness (QED) is 0.708. The molecule has 0 atom stereocenters. The number of hydrogen-bond donors (Lipinski definition) is 1. The Labute approximate surface area is 145 Å². The van der Waals surface area contributed by atoms with Gasteiger partial charge in [-0.05, 0) is 12.0 Å². The number of amides is 1. The molecule has 0 aliphatic carbocycles. The normalized spacial score (nSPS) is 10.9. The first kappa shape index (κ1) is 16.9. The lowest BCUT2D eigenvalue weighted by molar-refractivity contribution is -0.121. The molecule has 25 heavy (non-hydrogen) atoms. The summed E-state index contributed by atoms with van der Waals surface area (Å²) in [7, 11) is 0. The van der Waals surface area contributed by atoms with Crippen molar-refractivity contribution in [3.8, 4) is 0 Å². The smallest absolute Gasteiger partial charge is 0.264 e. The Hall–Kier alpha value is -2.96. The fraction of sp³-hybridized carbons (Fsp3) is 0.333. The number of nitrogens with zero attached hydrogens (tertiary/aromatic N) is 4. The van der Waals surface area contributed by atoms with Crippen LogP contribution >= 0.6 is 0 Å². The van der Waals surface area contributed by atoms with E-state index in [1.807, 2.05) is 37.3 Å². The summed E-state index contributed by atoms with van der Waals surface area (Å²) in [4.78, 5) is 28.5. The second kappa shape index (κ2) is 7.74. The van der Waals surface area contributed by atoms with Crippen LogP contribution in [0.2, 0.25) is 0 Å². The molecule has 0 unspecified atom stereocenters. The van der Waals surface area contributed by atoms with Crippen molar-refractivity contribution in [1.82, 2.24) is 24.6 Å². The molecule has 1 amide bonds. The Morgan fingerprint density at radius 2 is 2.04 bits per heavy atom. The van der Waals surface area contributed by atoms with E-state index in [-0.39, 0.29) is 11.5 Å². The van der Waals surface area contributed by atoms with E-state index in [1.165, 1.54) is 0 Å². The number of nitrogens with one attached hydrogen (secondary N) is 1. The molecule has 7 heteroatoms. The highest BCUT2D eigenvalue weighted by Gasteiger charge is 2.10. The summed E-state index contributed by atoms with van der Waals surface area (Å²) in [6.45, 7) is 3.38. The topological polar surface area (TPSA) is 81.8 Å². The van der Waals surface area contributed by atoms with Gasteiger partial charge in [0.15, 0.2) is 5.65 Å². The highest BCUT2D eigenvalue weighted by molar-refractivity contribution is 5.75. The second-order valence-corrected chi connectivity index (χ2v) is 5.87. The van der Waals surface area contributed by atoms with Crippen molar-refractivity contribution in [1.29, 1.82) is 0 Å². The molecule has 0 aliphatic rings. The maximum atomic E-state index is 12.6.